The van der Waals surface area contributed by atoms with Gasteiger partial charge in [-0.3, -0.25) is 9.69 Å². The van der Waals surface area contributed by atoms with Crippen LogP contribution in [0.5, 0.6) is 0 Å². The number of nitrogens with zero attached hydrogens (tertiary/aromatic N) is 1. The number of carboxylic acids is 1. The van der Waals surface area contributed by atoms with Gasteiger partial charge in [-0.05, 0) is 32.4 Å². The monoisotopic (exact) mass is 227 g/mol. The Morgan fingerprint density at radius 3 is 2.44 bits per heavy atom. The van der Waals surface area contributed by atoms with Crippen LogP contribution in [0.3, 0.4) is 0 Å². The van der Waals surface area contributed by atoms with E-state index >= 15 is 0 Å². The van der Waals surface area contributed by atoms with Crippen LogP contribution in [0, 0.1) is 0 Å². The molecule has 1 N–H and O–H groups in total. The summed E-state index contributed by atoms with van der Waals surface area (Å²) in [4.78, 5) is 13.4. The summed E-state index contributed by atoms with van der Waals surface area (Å²) in [5, 5.41) is 9.06. The minimum absolute atomic E-state index is 0.212. The van der Waals surface area contributed by atoms with E-state index in [-0.39, 0.29) is 12.0 Å². The van der Waals surface area contributed by atoms with E-state index in [0.717, 1.165) is 19.5 Å². The summed E-state index contributed by atoms with van der Waals surface area (Å²) >= 11 is 0. The Bertz CT molecular complexity index is 241. The van der Waals surface area contributed by atoms with Gasteiger partial charge >= 0.3 is 5.97 Å². The number of rotatable bonds is 3. The molecule has 92 valence electrons. The molecule has 2 rings (SSSR count). The minimum atomic E-state index is -0.699. The van der Waals surface area contributed by atoms with Gasteiger partial charge in [-0.1, -0.05) is 12.8 Å². The Morgan fingerprint density at radius 1 is 1.25 bits per heavy atom. The second kappa shape index (κ2) is 5.15. The number of carboxylic acid groups (broad SMARTS) is 1. The molecule has 0 saturated carbocycles. The van der Waals surface area contributed by atoms with Crippen LogP contribution >= 0.6 is 0 Å². The Labute approximate surface area is 96.6 Å². The third-order valence-corrected chi connectivity index (χ3v) is 3.84. The number of likely N-dealkylation sites (tertiary alicyclic amines) is 1. The van der Waals surface area contributed by atoms with Crippen molar-refractivity contribution < 1.29 is 14.6 Å². The third-order valence-electron chi connectivity index (χ3n) is 3.84. The summed E-state index contributed by atoms with van der Waals surface area (Å²) < 4.78 is 5.45. The number of hydrogen-bond acceptors (Lipinski definition) is 3. The van der Waals surface area contributed by atoms with E-state index in [0.29, 0.717) is 13.2 Å². The van der Waals surface area contributed by atoms with Crippen LogP contribution in [0.15, 0.2) is 0 Å². The summed E-state index contributed by atoms with van der Waals surface area (Å²) in [5.74, 6) is -0.699. The van der Waals surface area contributed by atoms with E-state index in [2.05, 4.69) is 4.90 Å². The van der Waals surface area contributed by atoms with E-state index in [1.54, 1.807) is 0 Å². The molecule has 4 nitrogen and oxygen atoms in total. The first-order chi connectivity index (χ1) is 7.73. The summed E-state index contributed by atoms with van der Waals surface area (Å²) in [5.41, 5.74) is -0.212. The zero-order chi connectivity index (χ0) is 11.4. The molecule has 0 spiro atoms. The van der Waals surface area contributed by atoms with Gasteiger partial charge in [0.05, 0.1) is 18.6 Å². The molecule has 0 aromatic rings. The second-order valence-electron chi connectivity index (χ2n) is 5.00. The maximum Gasteiger partial charge on any atom is 0.305 e. The molecule has 2 aliphatic heterocycles. The molecule has 4 heteroatoms. The van der Waals surface area contributed by atoms with Crippen molar-refractivity contribution in [1.82, 2.24) is 4.90 Å². The Balaban J connectivity index is 2.07. The molecule has 16 heavy (non-hydrogen) atoms. The van der Waals surface area contributed by atoms with Crippen molar-refractivity contribution >= 4 is 5.97 Å². The standard InChI is InChI=1S/C12H21NO3/c14-11(15)9-12(5-8-16-10-12)13-6-3-1-2-4-7-13/h1-10H2,(H,14,15). The van der Waals surface area contributed by atoms with E-state index in [1.165, 1.54) is 25.7 Å². The van der Waals surface area contributed by atoms with Crippen LogP contribution in [0.25, 0.3) is 0 Å². The highest BCUT2D eigenvalue weighted by molar-refractivity contribution is 5.68. The van der Waals surface area contributed by atoms with Crippen LogP contribution in [0.4, 0.5) is 0 Å². The van der Waals surface area contributed by atoms with Crippen LogP contribution in [0.1, 0.15) is 38.5 Å². The van der Waals surface area contributed by atoms with Crippen LogP contribution in [-0.2, 0) is 9.53 Å². The van der Waals surface area contributed by atoms with Crippen LogP contribution in [-0.4, -0.2) is 47.8 Å². The molecule has 2 fully saturated rings. The van der Waals surface area contributed by atoms with E-state index in [1.807, 2.05) is 0 Å². The van der Waals surface area contributed by atoms with Crippen LogP contribution in [0.2, 0.25) is 0 Å². The SMILES string of the molecule is O=C(O)CC1(N2CCCCCC2)CCOC1. The van der Waals surface area contributed by atoms with Crippen molar-refractivity contribution in [2.75, 3.05) is 26.3 Å². The fourth-order valence-electron chi connectivity index (χ4n) is 2.92. The fourth-order valence-corrected chi connectivity index (χ4v) is 2.92. The first-order valence-corrected chi connectivity index (χ1v) is 6.28. The first-order valence-electron chi connectivity index (χ1n) is 6.28. The van der Waals surface area contributed by atoms with Gasteiger partial charge in [0.2, 0.25) is 0 Å². The number of aliphatic carboxylic acids is 1. The van der Waals surface area contributed by atoms with Crippen molar-refractivity contribution in [3.8, 4) is 0 Å². The lowest BCUT2D eigenvalue weighted by atomic mass is 9.91. The highest BCUT2D eigenvalue weighted by atomic mass is 16.5. The van der Waals surface area contributed by atoms with Crippen molar-refractivity contribution in [3.05, 3.63) is 0 Å². The molecule has 0 aromatic heterocycles. The zero-order valence-electron chi connectivity index (χ0n) is 9.78. The highest BCUT2D eigenvalue weighted by Gasteiger charge is 2.42. The van der Waals surface area contributed by atoms with Gasteiger partial charge in [-0.25, -0.2) is 0 Å². The molecule has 2 heterocycles. The summed E-state index contributed by atoms with van der Waals surface area (Å²) in [6, 6.07) is 0. The van der Waals surface area contributed by atoms with E-state index in [9.17, 15) is 4.79 Å². The van der Waals surface area contributed by atoms with Gasteiger partial charge in [0.15, 0.2) is 0 Å². The fraction of sp³-hybridized carbons (Fsp3) is 0.917. The Hall–Kier alpha value is -0.610. The van der Waals surface area contributed by atoms with Gasteiger partial charge in [0.25, 0.3) is 0 Å². The molecule has 2 aliphatic rings. The van der Waals surface area contributed by atoms with E-state index < -0.39 is 5.97 Å². The minimum Gasteiger partial charge on any atom is -0.481 e. The average Bonchev–Trinajstić information content (AvgIpc) is 2.54. The number of ether oxygens (including phenoxy) is 1. The van der Waals surface area contributed by atoms with Gasteiger partial charge in [0.1, 0.15) is 0 Å². The molecular weight excluding hydrogens is 206 g/mol. The van der Waals surface area contributed by atoms with Crippen molar-refractivity contribution in [3.63, 3.8) is 0 Å². The van der Waals surface area contributed by atoms with Crippen molar-refractivity contribution in [1.29, 1.82) is 0 Å². The van der Waals surface area contributed by atoms with Gasteiger partial charge in [-0.15, -0.1) is 0 Å². The van der Waals surface area contributed by atoms with Gasteiger partial charge < -0.3 is 9.84 Å². The topological polar surface area (TPSA) is 49.8 Å². The lowest BCUT2D eigenvalue weighted by molar-refractivity contribution is -0.140. The predicted octanol–water partition coefficient (Wildman–Crippen LogP) is 1.50. The lowest BCUT2D eigenvalue weighted by Gasteiger charge is -2.38. The third kappa shape index (κ3) is 2.55. The molecule has 1 unspecified atom stereocenters. The Kier molecular flexibility index (Phi) is 3.82. The average molecular weight is 227 g/mol. The van der Waals surface area contributed by atoms with Crippen LogP contribution < -0.4 is 0 Å². The molecule has 1 atom stereocenters. The predicted molar refractivity (Wildman–Crippen MR) is 60.5 cm³/mol. The van der Waals surface area contributed by atoms with Crippen molar-refractivity contribution in [2.24, 2.45) is 0 Å². The smallest absolute Gasteiger partial charge is 0.305 e. The molecule has 2 saturated heterocycles. The number of carbonyl (C=O) groups is 1. The molecular formula is C12H21NO3. The van der Waals surface area contributed by atoms with Gasteiger partial charge in [-0.2, -0.15) is 0 Å². The zero-order valence-corrected chi connectivity index (χ0v) is 9.78. The quantitative estimate of drug-likeness (QED) is 0.793. The maximum atomic E-state index is 11.0. The normalized spacial score (nSPS) is 32.5. The molecule has 0 bridgehead atoms. The Morgan fingerprint density at radius 2 is 1.94 bits per heavy atom. The summed E-state index contributed by atoms with van der Waals surface area (Å²) in [6.07, 6.45) is 6.05. The first kappa shape index (κ1) is 11.9. The molecule has 0 aromatic carbocycles. The van der Waals surface area contributed by atoms with Crippen molar-refractivity contribution in [2.45, 2.75) is 44.1 Å². The highest BCUT2D eigenvalue weighted by Crippen LogP contribution is 2.31. The largest absolute Gasteiger partial charge is 0.481 e. The van der Waals surface area contributed by atoms with E-state index in [4.69, 9.17) is 9.84 Å². The second-order valence-corrected chi connectivity index (χ2v) is 5.00. The summed E-state index contributed by atoms with van der Waals surface area (Å²) in [6.45, 7) is 3.39. The summed E-state index contributed by atoms with van der Waals surface area (Å²) in [7, 11) is 0. The number of hydrogen-bond donors (Lipinski definition) is 1. The molecule has 0 radical (unpaired) electrons. The molecule has 0 aliphatic carbocycles. The molecule has 0 amide bonds. The maximum absolute atomic E-state index is 11.0. The van der Waals surface area contributed by atoms with Gasteiger partial charge in [0, 0.05) is 6.61 Å². The lowest BCUT2D eigenvalue weighted by Crippen LogP contribution is -2.51.